The molecule has 3 rings (SSSR count). The molecule has 104 valence electrons. The fraction of sp³-hybridized carbons (Fsp3) is 0.111. The van der Waals surface area contributed by atoms with E-state index in [1.54, 1.807) is 6.20 Å². The summed E-state index contributed by atoms with van der Waals surface area (Å²) in [5.41, 5.74) is 2.69. The van der Waals surface area contributed by atoms with Crippen LogP contribution in [-0.2, 0) is 4.74 Å². The molecule has 0 saturated carbocycles. The Morgan fingerprint density at radius 3 is 2.57 bits per heavy atom. The average molecular weight is 277 g/mol. The maximum absolute atomic E-state index is 12.1. The number of esters is 1. The van der Waals surface area contributed by atoms with Gasteiger partial charge in [-0.15, -0.1) is 0 Å². The monoisotopic (exact) mass is 277 g/mol. The standard InChI is InChI=1S/C18H15NO2/c1-2-21-18(20)17-10-9-14(13-6-5-11-19-12-13)15-7-3-4-8-16(15)17/h3-12H,2H2,1H3. The third-order valence-electron chi connectivity index (χ3n) is 3.39. The molecule has 1 heterocycles. The van der Waals surface area contributed by atoms with E-state index >= 15 is 0 Å². The van der Waals surface area contributed by atoms with Gasteiger partial charge in [0.2, 0.25) is 0 Å². The van der Waals surface area contributed by atoms with Crippen molar-refractivity contribution in [3.63, 3.8) is 0 Å². The van der Waals surface area contributed by atoms with E-state index in [4.69, 9.17) is 4.74 Å². The van der Waals surface area contributed by atoms with Crippen LogP contribution in [0.3, 0.4) is 0 Å². The average Bonchev–Trinajstić information content (AvgIpc) is 2.55. The van der Waals surface area contributed by atoms with Crippen LogP contribution in [0.15, 0.2) is 60.9 Å². The molecule has 0 radical (unpaired) electrons. The molecule has 0 saturated heterocycles. The normalized spacial score (nSPS) is 10.5. The Hall–Kier alpha value is -2.68. The highest BCUT2D eigenvalue weighted by Crippen LogP contribution is 2.30. The first-order valence-corrected chi connectivity index (χ1v) is 6.90. The van der Waals surface area contributed by atoms with E-state index in [1.807, 2.05) is 61.7 Å². The van der Waals surface area contributed by atoms with E-state index in [-0.39, 0.29) is 5.97 Å². The minimum Gasteiger partial charge on any atom is -0.462 e. The van der Waals surface area contributed by atoms with E-state index in [9.17, 15) is 4.79 Å². The van der Waals surface area contributed by atoms with Gasteiger partial charge >= 0.3 is 5.97 Å². The van der Waals surface area contributed by atoms with Crippen molar-refractivity contribution in [3.05, 3.63) is 66.5 Å². The van der Waals surface area contributed by atoms with Gasteiger partial charge < -0.3 is 4.74 Å². The Balaban J connectivity index is 2.22. The molecular formula is C18H15NO2. The fourth-order valence-corrected chi connectivity index (χ4v) is 2.46. The molecule has 0 bridgehead atoms. The summed E-state index contributed by atoms with van der Waals surface area (Å²) in [7, 11) is 0. The summed E-state index contributed by atoms with van der Waals surface area (Å²) in [6.45, 7) is 2.18. The lowest BCUT2D eigenvalue weighted by Gasteiger charge is -2.10. The smallest absolute Gasteiger partial charge is 0.338 e. The lowest BCUT2D eigenvalue weighted by atomic mass is 9.96. The van der Waals surface area contributed by atoms with Gasteiger partial charge in [-0.3, -0.25) is 4.98 Å². The van der Waals surface area contributed by atoms with Crippen molar-refractivity contribution in [3.8, 4) is 11.1 Å². The predicted molar refractivity (Wildman–Crippen MR) is 83.1 cm³/mol. The molecule has 0 fully saturated rings. The molecular weight excluding hydrogens is 262 g/mol. The number of rotatable bonds is 3. The second kappa shape index (κ2) is 5.75. The number of ether oxygens (including phenoxy) is 1. The van der Waals surface area contributed by atoms with Crippen molar-refractivity contribution in [1.29, 1.82) is 0 Å². The highest BCUT2D eigenvalue weighted by atomic mass is 16.5. The predicted octanol–water partition coefficient (Wildman–Crippen LogP) is 4.08. The molecule has 3 nitrogen and oxygen atoms in total. The first-order chi connectivity index (χ1) is 10.3. The molecule has 21 heavy (non-hydrogen) atoms. The number of carbonyl (C=O) groups is 1. The van der Waals surface area contributed by atoms with E-state index in [0.29, 0.717) is 12.2 Å². The van der Waals surface area contributed by atoms with Gasteiger partial charge in [0.25, 0.3) is 0 Å². The van der Waals surface area contributed by atoms with Gasteiger partial charge in [0.05, 0.1) is 12.2 Å². The number of fused-ring (bicyclic) bond motifs is 1. The van der Waals surface area contributed by atoms with Gasteiger partial charge in [-0.25, -0.2) is 4.79 Å². The minimum absolute atomic E-state index is 0.286. The number of hydrogen-bond acceptors (Lipinski definition) is 3. The summed E-state index contributed by atoms with van der Waals surface area (Å²) in [4.78, 5) is 16.2. The van der Waals surface area contributed by atoms with E-state index < -0.39 is 0 Å². The maximum Gasteiger partial charge on any atom is 0.338 e. The van der Waals surface area contributed by atoms with Crippen LogP contribution < -0.4 is 0 Å². The molecule has 0 N–H and O–H groups in total. The zero-order chi connectivity index (χ0) is 14.7. The quantitative estimate of drug-likeness (QED) is 0.677. The second-order valence-corrected chi connectivity index (χ2v) is 4.67. The number of pyridine rings is 1. The number of benzene rings is 2. The van der Waals surface area contributed by atoms with Crippen LogP contribution in [0, 0.1) is 0 Å². The largest absolute Gasteiger partial charge is 0.462 e. The summed E-state index contributed by atoms with van der Waals surface area (Å²) in [5.74, 6) is -0.286. The molecule has 0 unspecified atom stereocenters. The maximum atomic E-state index is 12.1. The van der Waals surface area contributed by atoms with Crippen molar-refractivity contribution >= 4 is 16.7 Å². The van der Waals surface area contributed by atoms with Crippen LogP contribution in [0.2, 0.25) is 0 Å². The molecule has 0 atom stereocenters. The van der Waals surface area contributed by atoms with Crippen molar-refractivity contribution in [1.82, 2.24) is 4.98 Å². The van der Waals surface area contributed by atoms with Crippen molar-refractivity contribution in [2.75, 3.05) is 6.61 Å². The molecule has 2 aromatic carbocycles. The number of carbonyl (C=O) groups excluding carboxylic acids is 1. The minimum atomic E-state index is -0.286. The summed E-state index contributed by atoms with van der Waals surface area (Å²) < 4.78 is 5.13. The SMILES string of the molecule is CCOC(=O)c1ccc(-c2cccnc2)c2ccccc12. The number of nitrogens with zero attached hydrogens (tertiary/aromatic N) is 1. The highest BCUT2D eigenvalue weighted by Gasteiger charge is 2.13. The summed E-state index contributed by atoms with van der Waals surface area (Å²) in [5, 5.41) is 1.92. The van der Waals surface area contributed by atoms with E-state index in [1.165, 1.54) is 0 Å². The second-order valence-electron chi connectivity index (χ2n) is 4.67. The van der Waals surface area contributed by atoms with Crippen LogP contribution in [0.5, 0.6) is 0 Å². The van der Waals surface area contributed by atoms with E-state index in [0.717, 1.165) is 21.9 Å². The van der Waals surface area contributed by atoms with Gasteiger partial charge in [-0.05, 0) is 35.4 Å². The lowest BCUT2D eigenvalue weighted by Crippen LogP contribution is -2.05. The zero-order valence-corrected chi connectivity index (χ0v) is 11.7. The lowest BCUT2D eigenvalue weighted by molar-refractivity contribution is 0.0528. The first-order valence-electron chi connectivity index (χ1n) is 6.90. The Morgan fingerprint density at radius 2 is 1.86 bits per heavy atom. The molecule has 0 spiro atoms. The Kier molecular flexibility index (Phi) is 3.65. The Labute approximate surface area is 123 Å². The number of hydrogen-bond donors (Lipinski definition) is 0. The van der Waals surface area contributed by atoms with Gasteiger partial charge in [0, 0.05) is 18.0 Å². The summed E-state index contributed by atoms with van der Waals surface area (Å²) in [6, 6.07) is 15.5. The number of aromatic nitrogens is 1. The van der Waals surface area contributed by atoms with Crippen LogP contribution >= 0.6 is 0 Å². The molecule has 0 amide bonds. The zero-order valence-electron chi connectivity index (χ0n) is 11.7. The third-order valence-corrected chi connectivity index (χ3v) is 3.39. The summed E-state index contributed by atoms with van der Waals surface area (Å²) in [6.07, 6.45) is 3.57. The third kappa shape index (κ3) is 2.50. The molecule has 3 heteroatoms. The molecule has 0 aliphatic heterocycles. The highest BCUT2D eigenvalue weighted by molar-refractivity contribution is 6.09. The Bertz CT molecular complexity index is 782. The Morgan fingerprint density at radius 1 is 1.05 bits per heavy atom. The topological polar surface area (TPSA) is 39.2 Å². The van der Waals surface area contributed by atoms with Gasteiger partial charge in [-0.1, -0.05) is 36.4 Å². The van der Waals surface area contributed by atoms with Crippen molar-refractivity contribution < 1.29 is 9.53 Å². The molecule has 0 aliphatic carbocycles. The van der Waals surface area contributed by atoms with E-state index in [2.05, 4.69) is 4.98 Å². The van der Waals surface area contributed by atoms with Gasteiger partial charge in [0.15, 0.2) is 0 Å². The molecule has 1 aromatic heterocycles. The van der Waals surface area contributed by atoms with Crippen LogP contribution in [-0.4, -0.2) is 17.6 Å². The van der Waals surface area contributed by atoms with Crippen LogP contribution in [0.1, 0.15) is 17.3 Å². The van der Waals surface area contributed by atoms with Gasteiger partial charge in [-0.2, -0.15) is 0 Å². The van der Waals surface area contributed by atoms with Crippen molar-refractivity contribution in [2.24, 2.45) is 0 Å². The fourth-order valence-electron chi connectivity index (χ4n) is 2.46. The van der Waals surface area contributed by atoms with Crippen LogP contribution in [0.4, 0.5) is 0 Å². The summed E-state index contributed by atoms with van der Waals surface area (Å²) >= 11 is 0. The molecule has 0 aliphatic rings. The van der Waals surface area contributed by atoms with Gasteiger partial charge in [0.1, 0.15) is 0 Å². The van der Waals surface area contributed by atoms with Crippen molar-refractivity contribution in [2.45, 2.75) is 6.92 Å². The first kappa shape index (κ1) is 13.3. The molecule has 3 aromatic rings. The van der Waals surface area contributed by atoms with Crippen LogP contribution in [0.25, 0.3) is 21.9 Å².